The molecule has 0 amide bonds. The van der Waals surface area contributed by atoms with E-state index in [0.29, 0.717) is 25.3 Å². The molecule has 0 aromatic carbocycles. The lowest BCUT2D eigenvalue weighted by Crippen LogP contribution is -2.39. The minimum absolute atomic E-state index is 0.291. The van der Waals surface area contributed by atoms with Gasteiger partial charge in [0.1, 0.15) is 11.3 Å². The predicted molar refractivity (Wildman–Crippen MR) is 68.4 cm³/mol. The highest BCUT2D eigenvalue weighted by molar-refractivity contribution is 7.99. The van der Waals surface area contributed by atoms with E-state index in [0.717, 1.165) is 0 Å². The Morgan fingerprint density at radius 1 is 1.24 bits per heavy atom. The summed E-state index contributed by atoms with van der Waals surface area (Å²) in [6.07, 6.45) is 2.71. The number of hydrogen-bond donors (Lipinski definition) is 3. The van der Waals surface area contributed by atoms with Gasteiger partial charge in [-0.3, -0.25) is 9.59 Å². The molecular formula is C11H21NO4S. The molecule has 0 aromatic heterocycles. The van der Waals surface area contributed by atoms with E-state index in [4.69, 9.17) is 10.2 Å². The van der Waals surface area contributed by atoms with E-state index < -0.39 is 23.2 Å². The third kappa shape index (κ3) is 7.23. The summed E-state index contributed by atoms with van der Waals surface area (Å²) in [7, 11) is 0. The number of carboxylic acids is 2. The van der Waals surface area contributed by atoms with Crippen molar-refractivity contribution < 1.29 is 19.8 Å². The van der Waals surface area contributed by atoms with Crippen LogP contribution in [0.2, 0.25) is 0 Å². The molecule has 6 heteroatoms. The van der Waals surface area contributed by atoms with Gasteiger partial charge >= 0.3 is 11.9 Å². The van der Waals surface area contributed by atoms with Crippen LogP contribution in [0, 0.1) is 5.92 Å². The maximum absolute atomic E-state index is 10.9. The lowest BCUT2D eigenvalue weighted by Gasteiger charge is -2.17. The largest absolute Gasteiger partial charge is 0.480 e. The Labute approximate surface area is 106 Å². The summed E-state index contributed by atoms with van der Waals surface area (Å²) in [4.78, 5) is 21.7. The zero-order valence-electron chi connectivity index (χ0n) is 10.5. The van der Waals surface area contributed by atoms with Crippen molar-refractivity contribution in [1.82, 2.24) is 5.32 Å². The summed E-state index contributed by atoms with van der Waals surface area (Å²) in [6, 6.07) is -0.591. The fourth-order valence-corrected chi connectivity index (χ4v) is 2.03. The molecular weight excluding hydrogens is 242 g/mol. The van der Waals surface area contributed by atoms with Crippen molar-refractivity contribution in [2.45, 2.75) is 38.0 Å². The van der Waals surface area contributed by atoms with Crippen LogP contribution < -0.4 is 5.32 Å². The average molecular weight is 263 g/mol. The third-order valence-corrected chi connectivity index (χ3v) is 3.37. The third-order valence-electron chi connectivity index (χ3n) is 2.36. The molecule has 2 unspecified atom stereocenters. The van der Waals surface area contributed by atoms with Crippen LogP contribution >= 0.6 is 11.8 Å². The highest BCUT2D eigenvalue weighted by atomic mass is 32.2. The summed E-state index contributed by atoms with van der Waals surface area (Å²) in [5, 5.41) is 20.2. The van der Waals surface area contributed by atoms with Gasteiger partial charge in [-0.2, -0.15) is 11.8 Å². The van der Waals surface area contributed by atoms with Gasteiger partial charge in [-0.1, -0.05) is 13.8 Å². The van der Waals surface area contributed by atoms with Crippen molar-refractivity contribution in [2.24, 2.45) is 5.92 Å². The zero-order chi connectivity index (χ0) is 13.4. The quantitative estimate of drug-likeness (QED) is 0.581. The molecule has 0 radical (unpaired) electrons. The minimum atomic E-state index is -0.880. The molecule has 0 saturated heterocycles. The van der Waals surface area contributed by atoms with Crippen LogP contribution in [0.5, 0.6) is 0 Å². The van der Waals surface area contributed by atoms with Gasteiger partial charge in [0.25, 0.3) is 0 Å². The highest BCUT2D eigenvalue weighted by Crippen LogP contribution is 2.11. The summed E-state index contributed by atoms with van der Waals surface area (Å²) in [6.45, 7) is 4.32. The molecule has 0 spiro atoms. The minimum Gasteiger partial charge on any atom is -0.480 e. The van der Waals surface area contributed by atoms with Gasteiger partial charge in [0, 0.05) is 0 Å². The van der Waals surface area contributed by atoms with E-state index >= 15 is 0 Å². The smallest absolute Gasteiger partial charge is 0.320 e. The summed E-state index contributed by atoms with van der Waals surface area (Å²) in [5.41, 5.74) is 0. The second-order valence-corrected chi connectivity index (χ2v) is 5.37. The molecule has 3 N–H and O–H groups in total. The first-order chi connectivity index (χ1) is 7.88. The molecule has 0 fully saturated rings. The summed E-state index contributed by atoms with van der Waals surface area (Å²) in [5.74, 6) is -1.44. The molecule has 0 aliphatic rings. The van der Waals surface area contributed by atoms with Crippen LogP contribution in [0.3, 0.4) is 0 Å². The second kappa shape index (κ2) is 8.36. The molecule has 0 aromatic rings. The van der Waals surface area contributed by atoms with E-state index in [9.17, 15) is 9.59 Å². The highest BCUT2D eigenvalue weighted by Gasteiger charge is 2.20. The first-order valence-electron chi connectivity index (χ1n) is 5.60. The van der Waals surface area contributed by atoms with Gasteiger partial charge in [0.15, 0.2) is 0 Å². The normalized spacial score (nSPS) is 14.6. The Balaban J connectivity index is 4.05. The van der Waals surface area contributed by atoms with E-state index in [1.54, 1.807) is 6.26 Å². The van der Waals surface area contributed by atoms with Gasteiger partial charge < -0.3 is 15.5 Å². The zero-order valence-corrected chi connectivity index (χ0v) is 11.3. The Morgan fingerprint density at radius 2 is 1.82 bits per heavy atom. The first kappa shape index (κ1) is 16.2. The molecule has 0 aliphatic heterocycles. The monoisotopic (exact) mass is 263 g/mol. The number of carbonyl (C=O) groups is 2. The number of nitrogens with one attached hydrogen (secondary N) is 1. The second-order valence-electron chi connectivity index (χ2n) is 4.33. The maximum Gasteiger partial charge on any atom is 0.320 e. The Hall–Kier alpha value is -0.750. The average Bonchev–Trinajstić information content (AvgIpc) is 2.21. The first-order valence-corrected chi connectivity index (χ1v) is 6.89. The van der Waals surface area contributed by atoms with E-state index in [2.05, 4.69) is 5.32 Å². The van der Waals surface area contributed by atoms with Gasteiger partial charge in [0.2, 0.25) is 0 Å². The molecule has 17 heavy (non-hydrogen) atoms. The summed E-state index contributed by atoms with van der Waals surface area (Å²) >= 11 is 1.27. The van der Waals surface area contributed by atoms with E-state index in [1.165, 1.54) is 11.8 Å². The molecule has 2 atom stereocenters. The molecule has 0 aliphatic carbocycles. The number of rotatable bonds is 9. The van der Waals surface area contributed by atoms with Crippen LogP contribution in [0.1, 0.15) is 26.7 Å². The number of carboxylic acid groups (broad SMARTS) is 2. The number of thioether (sulfide) groups is 1. The van der Waals surface area contributed by atoms with Gasteiger partial charge in [0.05, 0.1) is 0 Å². The standard InChI is InChI=1S/C11H21NO4S/c1-7(2)6-8(10(13)14)12-5-4-9(17-3)11(15)16/h7-9,12H,4-6H2,1-3H3,(H,13,14)(H,15,16). The lowest BCUT2D eigenvalue weighted by molar-refractivity contribution is -0.139. The fraction of sp³-hybridized carbons (Fsp3) is 0.818. The van der Waals surface area contributed by atoms with Crippen LogP contribution in [0.15, 0.2) is 0 Å². The van der Waals surface area contributed by atoms with Crippen molar-refractivity contribution in [3.05, 3.63) is 0 Å². The van der Waals surface area contributed by atoms with Crippen molar-refractivity contribution >= 4 is 23.7 Å². The Bertz CT molecular complexity index is 258. The van der Waals surface area contributed by atoms with Crippen molar-refractivity contribution in [1.29, 1.82) is 0 Å². The topological polar surface area (TPSA) is 86.6 Å². The van der Waals surface area contributed by atoms with Crippen LogP contribution in [0.4, 0.5) is 0 Å². The van der Waals surface area contributed by atoms with Crippen LogP contribution in [-0.4, -0.2) is 46.2 Å². The molecule has 5 nitrogen and oxygen atoms in total. The maximum atomic E-state index is 10.9. The Kier molecular flexibility index (Phi) is 7.99. The van der Waals surface area contributed by atoms with Crippen LogP contribution in [0.25, 0.3) is 0 Å². The van der Waals surface area contributed by atoms with Crippen molar-refractivity contribution in [3.63, 3.8) is 0 Å². The van der Waals surface area contributed by atoms with Gasteiger partial charge in [-0.25, -0.2) is 0 Å². The van der Waals surface area contributed by atoms with E-state index in [1.807, 2.05) is 13.8 Å². The molecule has 0 rings (SSSR count). The molecule has 100 valence electrons. The summed E-state index contributed by atoms with van der Waals surface area (Å²) < 4.78 is 0. The fourth-order valence-electron chi connectivity index (χ4n) is 1.47. The Morgan fingerprint density at radius 3 is 2.18 bits per heavy atom. The van der Waals surface area contributed by atoms with Gasteiger partial charge in [-0.05, 0) is 31.6 Å². The van der Waals surface area contributed by atoms with Crippen molar-refractivity contribution in [3.8, 4) is 0 Å². The molecule has 0 bridgehead atoms. The van der Waals surface area contributed by atoms with Crippen LogP contribution in [-0.2, 0) is 9.59 Å². The molecule has 0 heterocycles. The number of aliphatic carboxylic acids is 2. The van der Waals surface area contributed by atoms with E-state index in [-0.39, 0.29) is 0 Å². The molecule has 0 saturated carbocycles. The van der Waals surface area contributed by atoms with Gasteiger partial charge in [-0.15, -0.1) is 0 Å². The number of hydrogen-bond acceptors (Lipinski definition) is 4. The predicted octanol–water partition coefficient (Wildman–Crippen LogP) is 1.28. The SMILES string of the molecule is CSC(CCNC(CC(C)C)C(=O)O)C(=O)O. The lowest BCUT2D eigenvalue weighted by atomic mass is 10.0. The van der Waals surface area contributed by atoms with Crippen molar-refractivity contribution in [2.75, 3.05) is 12.8 Å².